The number of ketones is 1. The van der Waals surface area contributed by atoms with E-state index in [1.165, 1.54) is 16.5 Å². The summed E-state index contributed by atoms with van der Waals surface area (Å²) >= 11 is 0. The van der Waals surface area contributed by atoms with Crippen molar-refractivity contribution in [1.29, 1.82) is 0 Å². The van der Waals surface area contributed by atoms with E-state index in [2.05, 4.69) is 30.7 Å². The molecule has 0 aliphatic heterocycles. The van der Waals surface area contributed by atoms with Gasteiger partial charge in [-0.05, 0) is 31.4 Å². The predicted molar refractivity (Wildman–Crippen MR) is 76.2 cm³/mol. The average Bonchev–Trinajstić information content (AvgIpc) is 2.69. The molecular formula is C16H21NO. The van der Waals surface area contributed by atoms with Crippen LogP contribution in [0.3, 0.4) is 0 Å². The molecule has 2 heteroatoms. The Bertz CT molecular complexity index is 566. The van der Waals surface area contributed by atoms with Crippen molar-refractivity contribution in [3.8, 4) is 0 Å². The van der Waals surface area contributed by atoms with Gasteiger partial charge in [-0.25, -0.2) is 0 Å². The van der Waals surface area contributed by atoms with Crippen molar-refractivity contribution in [2.75, 3.05) is 0 Å². The molecule has 2 nitrogen and oxygen atoms in total. The number of carbonyl (C=O) groups excluding carboxylic acids is 1. The van der Waals surface area contributed by atoms with Gasteiger partial charge < -0.3 is 4.57 Å². The molecule has 1 heterocycles. The van der Waals surface area contributed by atoms with Gasteiger partial charge in [-0.3, -0.25) is 4.79 Å². The molecule has 0 unspecified atom stereocenters. The lowest BCUT2D eigenvalue weighted by Gasteiger charge is -2.04. The minimum absolute atomic E-state index is 0.159. The smallest absolute Gasteiger partial charge is 0.160 e. The van der Waals surface area contributed by atoms with Gasteiger partial charge in [0.25, 0.3) is 0 Å². The Morgan fingerprint density at radius 1 is 1.22 bits per heavy atom. The normalized spacial score (nSPS) is 11.1. The van der Waals surface area contributed by atoms with Crippen LogP contribution in [0.15, 0.2) is 24.4 Å². The van der Waals surface area contributed by atoms with Crippen LogP contribution in [-0.4, -0.2) is 10.4 Å². The van der Waals surface area contributed by atoms with Gasteiger partial charge in [0.15, 0.2) is 5.78 Å². The van der Waals surface area contributed by atoms with E-state index in [1.807, 2.05) is 12.1 Å². The highest BCUT2D eigenvalue weighted by Gasteiger charge is 2.13. The Kier molecular flexibility index (Phi) is 3.85. The van der Waals surface area contributed by atoms with E-state index in [0.717, 1.165) is 31.4 Å². The first-order valence-corrected chi connectivity index (χ1v) is 6.80. The van der Waals surface area contributed by atoms with Gasteiger partial charge in [-0.1, -0.05) is 32.4 Å². The Labute approximate surface area is 109 Å². The lowest BCUT2D eigenvalue weighted by atomic mass is 10.0. The lowest BCUT2D eigenvalue weighted by Crippen LogP contribution is -1.96. The van der Waals surface area contributed by atoms with Crippen molar-refractivity contribution in [3.05, 3.63) is 35.5 Å². The molecular weight excluding hydrogens is 222 g/mol. The maximum atomic E-state index is 11.8. The van der Waals surface area contributed by atoms with Crippen molar-refractivity contribution < 1.29 is 4.79 Å². The molecule has 0 spiro atoms. The second-order valence-electron chi connectivity index (χ2n) is 4.85. The molecule has 1 aromatic carbocycles. The van der Waals surface area contributed by atoms with Crippen molar-refractivity contribution in [1.82, 2.24) is 4.57 Å². The van der Waals surface area contributed by atoms with E-state index in [-0.39, 0.29) is 5.78 Å². The summed E-state index contributed by atoms with van der Waals surface area (Å²) in [6.45, 7) is 7.03. The predicted octanol–water partition coefficient (Wildman–Crippen LogP) is 4.21. The summed E-state index contributed by atoms with van der Waals surface area (Å²) in [5.41, 5.74) is 3.38. The number of carbonyl (C=O) groups is 1. The van der Waals surface area contributed by atoms with E-state index in [4.69, 9.17) is 0 Å². The summed E-state index contributed by atoms with van der Waals surface area (Å²) in [6, 6.07) is 6.05. The van der Waals surface area contributed by atoms with Gasteiger partial charge >= 0.3 is 0 Å². The molecule has 18 heavy (non-hydrogen) atoms. The zero-order chi connectivity index (χ0) is 13.1. The summed E-state index contributed by atoms with van der Waals surface area (Å²) in [7, 11) is 0. The maximum absolute atomic E-state index is 11.8. The summed E-state index contributed by atoms with van der Waals surface area (Å²) in [4.78, 5) is 11.8. The van der Waals surface area contributed by atoms with E-state index < -0.39 is 0 Å². The van der Waals surface area contributed by atoms with Crippen LogP contribution in [0, 0.1) is 0 Å². The summed E-state index contributed by atoms with van der Waals surface area (Å²) in [5.74, 6) is 0.159. The van der Waals surface area contributed by atoms with Crippen LogP contribution in [0.25, 0.3) is 10.9 Å². The number of hydrogen-bond donors (Lipinski definition) is 0. The molecule has 0 aliphatic carbocycles. The summed E-state index contributed by atoms with van der Waals surface area (Å²) in [6.07, 6.45) is 5.48. The van der Waals surface area contributed by atoms with Gasteiger partial charge in [-0.15, -0.1) is 0 Å². The fourth-order valence-electron chi connectivity index (χ4n) is 2.62. The first-order valence-electron chi connectivity index (χ1n) is 6.80. The molecule has 0 N–H and O–H groups in total. The van der Waals surface area contributed by atoms with Crippen molar-refractivity contribution in [2.24, 2.45) is 0 Å². The molecule has 0 atom stereocenters. The third-order valence-electron chi connectivity index (χ3n) is 3.35. The van der Waals surface area contributed by atoms with E-state index >= 15 is 0 Å². The maximum Gasteiger partial charge on any atom is 0.160 e. The average molecular weight is 243 g/mol. The number of hydrogen-bond acceptors (Lipinski definition) is 1. The van der Waals surface area contributed by atoms with Crippen LogP contribution in [0.2, 0.25) is 0 Å². The van der Waals surface area contributed by atoms with Crippen molar-refractivity contribution in [2.45, 2.75) is 46.6 Å². The number of rotatable bonds is 5. The highest BCUT2D eigenvalue weighted by atomic mass is 16.1. The van der Waals surface area contributed by atoms with Crippen LogP contribution in [0.1, 0.15) is 49.5 Å². The Morgan fingerprint density at radius 3 is 2.61 bits per heavy atom. The van der Waals surface area contributed by atoms with E-state index in [9.17, 15) is 4.79 Å². The molecule has 96 valence electrons. The SMILES string of the molecule is CCCc1cn(CCC)c2cccc(C(C)=O)c12. The highest BCUT2D eigenvalue weighted by molar-refractivity contribution is 6.07. The van der Waals surface area contributed by atoms with Gasteiger partial charge in [0.2, 0.25) is 0 Å². The number of nitrogens with zero attached hydrogens (tertiary/aromatic N) is 1. The fourth-order valence-corrected chi connectivity index (χ4v) is 2.62. The standard InChI is InChI=1S/C16H21NO/c1-4-7-13-11-17(10-5-2)15-9-6-8-14(12(3)18)16(13)15/h6,8-9,11H,4-5,7,10H2,1-3H3. The van der Waals surface area contributed by atoms with Crippen LogP contribution in [0.5, 0.6) is 0 Å². The molecule has 0 saturated heterocycles. The first kappa shape index (κ1) is 12.9. The third-order valence-corrected chi connectivity index (χ3v) is 3.35. The molecule has 0 saturated carbocycles. The molecule has 1 aromatic heterocycles. The minimum atomic E-state index is 0.159. The number of benzene rings is 1. The zero-order valence-electron chi connectivity index (χ0n) is 11.5. The molecule has 2 rings (SSSR count). The first-order chi connectivity index (χ1) is 8.69. The molecule has 2 aromatic rings. The quantitative estimate of drug-likeness (QED) is 0.721. The largest absolute Gasteiger partial charge is 0.347 e. The molecule has 0 bridgehead atoms. The Morgan fingerprint density at radius 2 is 2.00 bits per heavy atom. The highest BCUT2D eigenvalue weighted by Crippen LogP contribution is 2.27. The van der Waals surface area contributed by atoms with Gasteiger partial charge in [0.1, 0.15) is 0 Å². The summed E-state index contributed by atoms with van der Waals surface area (Å²) in [5, 5.41) is 1.17. The topological polar surface area (TPSA) is 22.0 Å². The lowest BCUT2D eigenvalue weighted by molar-refractivity contribution is 0.101. The molecule has 0 radical (unpaired) electrons. The van der Waals surface area contributed by atoms with Gasteiger partial charge in [-0.2, -0.15) is 0 Å². The van der Waals surface area contributed by atoms with E-state index in [1.54, 1.807) is 6.92 Å². The van der Waals surface area contributed by atoms with E-state index in [0.29, 0.717) is 0 Å². The third kappa shape index (κ3) is 2.20. The van der Waals surface area contributed by atoms with Crippen molar-refractivity contribution >= 4 is 16.7 Å². The minimum Gasteiger partial charge on any atom is -0.347 e. The van der Waals surface area contributed by atoms with Crippen LogP contribution in [-0.2, 0) is 13.0 Å². The van der Waals surface area contributed by atoms with Crippen molar-refractivity contribution in [3.63, 3.8) is 0 Å². The second kappa shape index (κ2) is 5.38. The Balaban J connectivity index is 2.70. The van der Waals surface area contributed by atoms with Gasteiger partial charge in [0.05, 0.1) is 0 Å². The monoisotopic (exact) mass is 243 g/mol. The Hall–Kier alpha value is -1.57. The van der Waals surface area contributed by atoms with Crippen LogP contribution < -0.4 is 0 Å². The molecule has 0 fully saturated rings. The number of aromatic nitrogens is 1. The second-order valence-corrected chi connectivity index (χ2v) is 4.85. The number of aryl methyl sites for hydroxylation is 2. The zero-order valence-corrected chi connectivity index (χ0v) is 11.5. The summed E-state index contributed by atoms with van der Waals surface area (Å²) < 4.78 is 2.28. The van der Waals surface area contributed by atoms with Crippen LogP contribution >= 0.6 is 0 Å². The van der Waals surface area contributed by atoms with Gasteiger partial charge in [0, 0.05) is 29.2 Å². The molecule has 0 aliphatic rings. The molecule has 0 amide bonds. The van der Waals surface area contributed by atoms with Crippen LogP contribution in [0.4, 0.5) is 0 Å². The number of Topliss-reactive ketones (excluding diaryl/α,β-unsaturated/α-hetero) is 1. The number of fused-ring (bicyclic) bond motifs is 1. The fraction of sp³-hybridized carbons (Fsp3) is 0.438.